The van der Waals surface area contributed by atoms with Crippen LogP contribution in [0.25, 0.3) is 16.6 Å². The van der Waals surface area contributed by atoms with Crippen molar-refractivity contribution in [1.82, 2.24) is 34.3 Å². The zero-order valence-electron chi connectivity index (χ0n) is 19.2. The summed E-state index contributed by atoms with van der Waals surface area (Å²) in [5.41, 5.74) is 5.58. The van der Waals surface area contributed by atoms with Gasteiger partial charge in [0.1, 0.15) is 11.3 Å². The zero-order chi connectivity index (χ0) is 24.6. The smallest absolute Gasteiger partial charge is 0.256 e. The zero-order valence-corrected chi connectivity index (χ0v) is 19.2. The molecule has 0 saturated heterocycles. The first kappa shape index (κ1) is 23.5. The number of hydrogen-bond donors (Lipinski definition) is 2. The third-order valence-electron chi connectivity index (χ3n) is 5.28. The van der Waals surface area contributed by atoms with Gasteiger partial charge in [0.05, 0.1) is 29.3 Å². The Morgan fingerprint density at radius 1 is 1.24 bits per heavy atom. The van der Waals surface area contributed by atoms with Gasteiger partial charge < -0.3 is 15.7 Å². The van der Waals surface area contributed by atoms with E-state index in [1.807, 2.05) is 0 Å². The average molecular weight is 473 g/mol. The largest absolute Gasteiger partial charge is 0.389 e. The molecule has 12 heteroatoms. The molecular weight excluding hydrogens is 446 g/mol. The van der Waals surface area contributed by atoms with Crippen LogP contribution in [0.1, 0.15) is 42.9 Å². The minimum Gasteiger partial charge on any atom is -0.389 e. The molecule has 3 aromatic heterocycles. The van der Waals surface area contributed by atoms with Crippen molar-refractivity contribution < 1.29 is 18.7 Å². The van der Waals surface area contributed by atoms with Crippen molar-refractivity contribution in [3.05, 3.63) is 47.5 Å². The van der Waals surface area contributed by atoms with E-state index in [2.05, 4.69) is 20.2 Å². The number of aromatic nitrogens is 6. The van der Waals surface area contributed by atoms with Crippen LogP contribution in [0, 0.1) is 11.6 Å². The van der Waals surface area contributed by atoms with Crippen LogP contribution in [0.5, 0.6) is 0 Å². The van der Waals surface area contributed by atoms with Gasteiger partial charge in [0.15, 0.2) is 17.3 Å². The summed E-state index contributed by atoms with van der Waals surface area (Å²) in [6.07, 6.45) is 4.96. The van der Waals surface area contributed by atoms with E-state index in [4.69, 9.17) is 5.73 Å². The summed E-state index contributed by atoms with van der Waals surface area (Å²) < 4.78 is 30.6. The van der Waals surface area contributed by atoms with Crippen LogP contribution in [0.3, 0.4) is 0 Å². The number of nitrogens with zero attached hydrogens (tertiary/aromatic N) is 7. The van der Waals surface area contributed by atoms with Crippen molar-refractivity contribution in [2.75, 3.05) is 19.3 Å². The van der Waals surface area contributed by atoms with Gasteiger partial charge in [-0.2, -0.15) is 9.61 Å². The van der Waals surface area contributed by atoms with Gasteiger partial charge in [-0.15, -0.1) is 5.10 Å². The van der Waals surface area contributed by atoms with E-state index in [1.165, 1.54) is 15.4 Å². The summed E-state index contributed by atoms with van der Waals surface area (Å²) in [4.78, 5) is 22.6. The van der Waals surface area contributed by atoms with Crippen LogP contribution in [0.2, 0.25) is 0 Å². The summed E-state index contributed by atoms with van der Waals surface area (Å²) in [5.74, 6) is -1.29. The Kier molecular flexibility index (Phi) is 6.17. The van der Waals surface area contributed by atoms with Crippen molar-refractivity contribution in [2.24, 2.45) is 0 Å². The Bertz CT molecular complexity index is 1360. The topological polar surface area (TPSA) is 127 Å². The molecule has 4 rings (SSSR count). The Balaban J connectivity index is 1.37. The number of aliphatic hydroxyl groups is 1. The molecule has 34 heavy (non-hydrogen) atoms. The van der Waals surface area contributed by atoms with Crippen LogP contribution in [0.15, 0.2) is 24.5 Å². The second-order valence-corrected chi connectivity index (χ2v) is 8.94. The predicted molar refractivity (Wildman–Crippen MR) is 121 cm³/mol. The number of nitrogen functional groups attached to an aromatic ring is 1. The van der Waals surface area contributed by atoms with Gasteiger partial charge >= 0.3 is 0 Å². The van der Waals surface area contributed by atoms with E-state index in [-0.39, 0.29) is 35.0 Å². The molecule has 0 aliphatic carbocycles. The Morgan fingerprint density at radius 2 is 2.00 bits per heavy atom. The van der Waals surface area contributed by atoms with E-state index in [0.717, 1.165) is 12.1 Å². The van der Waals surface area contributed by atoms with Gasteiger partial charge in [-0.1, -0.05) is 0 Å². The molecular formula is C22H26F2N8O2. The normalized spacial score (nSPS) is 12.1. The molecule has 0 aliphatic rings. The number of aryl methyl sites for hydroxylation is 1. The first-order chi connectivity index (χ1) is 16.0. The Labute approximate surface area is 194 Å². The van der Waals surface area contributed by atoms with Gasteiger partial charge in [0.2, 0.25) is 5.95 Å². The first-order valence-electron chi connectivity index (χ1n) is 10.8. The fourth-order valence-electron chi connectivity index (χ4n) is 3.72. The molecule has 0 bridgehead atoms. The number of halogens is 2. The van der Waals surface area contributed by atoms with E-state index < -0.39 is 17.2 Å². The number of benzene rings is 1. The second kappa shape index (κ2) is 8.93. The highest BCUT2D eigenvalue weighted by Crippen LogP contribution is 2.23. The first-order valence-corrected chi connectivity index (χ1v) is 10.8. The maximum atomic E-state index is 14.1. The quantitative estimate of drug-likeness (QED) is 0.376. The fourth-order valence-corrected chi connectivity index (χ4v) is 3.72. The molecule has 0 atom stereocenters. The van der Waals surface area contributed by atoms with Crippen LogP contribution in [-0.4, -0.2) is 64.5 Å². The second-order valence-electron chi connectivity index (χ2n) is 8.94. The Morgan fingerprint density at radius 3 is 2.74 bits per heavy atom. The SMILES string of the molecule is CN(CCCCc1nc2c3cc(F)cc(F)c3nc(N)n2n1)C(=O)c1cnn(CC(C)(C)O)c1. The lowest BCUT2D eigenvalue weighted by Gasteiger charge is -2.17. The number of carbonyl (C=O) groups is 1. The van der Waals surface area contributed by atoms with Crippen LogP contribution >= 0.6 is 0 Å². The highest BCUT2D eigenvalue weighted by Gasteiger charge is 2.18. The predicted octanol–water partition coefficient (Wildman–Crippen LogP) is 2.20. The molecule has 4 aromatic rings. The standard InChI is InChI=1S/C22H26F2N8O2/c1-22(2,34)12-31-11-13(10-26-31)20(33)30(3)7-5-4-6-17-27-19-15-8-14(23)9-16(24)18(15)28-21(25)32(19)29-17/h8-11,34H,4-7,12H2,1-3H3,(H2,25,28). The number of nitrogens with two attached hydrogens (primary N) is 1. The van der Waals surface area contributed by atoms with Crippen molar-refractivity contribution >= 4 is 28.4 Å². The van der Waals surface area contributed by atoms with Crippen molar-refractivity contribution in [2.45, 2.75) is 45.3 Å². The number of anilines is 1. The molecule has 3 heterocycles. The highest BCUT2D eigenvalue weighted by molar-refractivity contribution is 5.93. The van der Waals surface area contributed by atoms with Gasteiger partial charge in [-0.25, -0.2) is 18.7 Å². The monoisotopic (exact) mass is 472 g/mol. The molecule has 0 aliphatic heterocycles. The Hall–Kier alpha value is -3.67. The molecule has 10 nitrogen and oxygen atoms in total. The molecule has 0 spiro atoms. The number of fused-ring (bicyclic) bond motifs is 3. The van der Waals surface area contributed by atoms with E-state index >= 15 is 0 Å². The number of rotatable bonds is 8. The summed E-state index contributed by atoms with van der Waals surface area (Å²) in [5, 5.41) is 18.5. The maximum absolute atomic E-state index is 14.1. The number of unbranched alkanes of at least 4 members (excludes halogenated alkanes) is 1. The summed E-state index contributed by atoms with van der Waals surface area (Å²) in [6.45, 7) is 4.13. The van der Waals surface area contributed by atoms with Gasteiger partial charge in [0.25, 0.3) is 5.91 Å². The summed E-state index contributed by atoms with van der Waals surface area (Å²) >= 11 is 0. The number of carbonyl (C=O) groups excluding carboxylic acids is 1. The van der Waals surface area contributed by atoms with Gasteiger partial charge in [0, 0.05) is 32.3 Å². The summed E-state index contributed by atoms with van der Waals surface area (Å²) in [7, 11) is 1.71. The van der Waals surface area contributed by atoms with Crippen LogP contribution < -0.4 is 5.73 Å². The van der Waals surface area contributed by atoms with Crippen molar-refractivity contribution in [1.29, 1.82) is 0 Å². The van der Waals surface area contributed by atoms with E-state index in [1.54, 1.807) is 32.0 Å². The van der Waals surface area contributed by atoms with Crippen LogP contribution in [0.4, 0.5) is 14.7 Å². The molecule has 0 unspecified atom stereocenters. The third kappa shape index (κ3) is 4.96. The van der Waals surface area contributed by atoms with Crippen molar-refractivity contribution in [3.63, 3.8) is 0 Å². The average Bonchev–Trinajstić information content (AvgIpc) is 3.38. The third-order valence-corrected chi connectivity index (χ3v) is 5.28. The van der Waals surface area contributed by atoms with E-state index in [9.17, 15) is 18.7 Å². The number of amides is 1. The fraction of sp³-hybridized carbons (Fsp3) is 0.409. The molecule has 1 aromatic carbocycles. The molecule has 0 radical (unpaired) electrons. The molecule has 180 valence electrons. The molecule has 0 saturated carbocycles. The minimum absolute atomic E-state index is 0.0396. The molecule has 1 amide bonds. The lowest BCUT2D eigenvalue weighted by molar-refractivity contribution is 0.0575. The highest BCUT2D eigenvalue weighted by atomic mass is 19.1. The van der Waals surface area contributed by atoms with Gasteiger partial charge in [-0.3, -0.25) is 9.48 Å². The molecule has 0 fully saturated rings. The number of hydrogen-bond acceptors (Lipinski definition) is 7. The van der Waals surface area contributed by atoms with Crippen LogP contribution in [-0.2, 0) is 13.0 Å². The molecule has 3 N–H and O–H groups in total. The lowest BCUT2D eigenvalue weighted by Crippen LogP contribution is -2.28. The lowest BCUT2D eigenvalue weighted by atomic mass is 10.1. The maximum Gasteiger partial charge on any atom is 0.256 e. The summed E-state index contributed by atoms with van der Waals surface area (Å²) in [6, 6.07) is 1.90. The van der Waals surface area contributed by atoms with Crippen molar-refractivity contribution in [3.8, 4) is 0 Å². The van der Waals surface area contributed by atoms with Gasteiger partial charge in [-0.05, 0) is 32.8 Å². The minimum atomic E-state index is -0.931. The van der Waals surface area contributed by atoms with E-state index in [0.29, 0.717) is 37.2 Å².